The van der Waals surface area contributed by atoms with Crippen LogP contribution in [-0.2, 0) is 16.0 Å². The van der Waals surface area contributed by atoms with Crippen molar-refractivity contribution in [3.8, 4) is 0 Å². The van der Waals surface area contributed by atoms with Crippen LogP contribution in [0.15, 0.2) is 53.0 Å². The molecule has 3 rings (SSSR count). The summed E-state index contributed by atoms with van der Waals surface area (Å²) in [6.45, 7) is 0.711. The number of hydrogen-bond acceptors (Lipinski definition) is 2. The average Bonchev–Trinajstić information content (AvgIpc) is 3.00. The zero-order valence-corrected chi connectivity index (χ0v) is 14.9. The maximum atomic E-state index is 12.3. The van der Waals surface area contributed by atoms with Crippen LogP contribution in [0, 0.1) is 0 Å². The normalized spacial score (nSPS) is 14.0. The second-order valence-corrected chi connectivity index (χ2v) is 6.66. The van der Waals surface area contributed by atoms with Gasteiger partial charge in [-0.1, -0.05) is 46.3 Å². The van der Waals surface area contributed by atoms with E-state index >= 15 is 0 Å². The Morgan fingerprint density at radius 1 is 1.12 bits per heavy atom. The molecule has 2 amide bonds. The topological polar surface area (TPSA) is 49.4 Å². The molecular formula is C19H19BrN2O2. The molecule has 124 valence electrons. The fourth-order valence-electron chi connectivity index (χ4n) is 2.88. The number of nitrogens with zero attached hydrogens (tertiary/aromatic N) is 1. The van der Waals surface area contributed by atoms with Gasteiger partial charge in [-0.15, -0.1) is 0 Å². The zero-order valence-electron chi connectivity index (χ0n) is 13.3. The highest BCUT2D eigenvalue weighted by Crippen LogP contribution is 2.29. The van der Waals surface area contributed by atoms with Crippen LogP contribution >= 0.6 is 15.9 Å². The Kier molecular flexibility index (Phi) is 5.30. The van der Waals surface area contributed by atoms with E-state index in [1.165, 1.54) is 0 Å². The Morgan fingerprint density at radius 2 is 1.88 bits per heavy atom. The Hall–Kier alpha value is -2.14. The summed E-state index contributed by atoms with van der Waals surface area (Å²) in [7, 11) is 0. The second kappa shape index (κ2) is 7.62. The molecule has 1 saturated heterocycles. The van der Waals surface area contributed by atoms with Crippen molar-refractivity contribution in [3.05, 3.63) is 58.6 Å². The smallest absolute Gasteiger partial charge is 0.227 e. The van der Waals surface area contributed by atoms with Gasteiger partial charge in [-0.25, -0.2) is 0 Å². The maximum Gasteiger partial charge on any atom is 0.227 e. The molecule has 2 aromatic carbocycles. The number of aryl methyl sites for hydroxylation is 1. The van der Waals surface area contributed by atoms with E-state index in [-0.39, 0.29) is 11.8 Å². The number of rotatable bonds is 5. The summed E-state index contributed by atoms with van der Waals surface area (Å²) in [6, 6.07) is 15.4. The SMILES string of the molecule is O=C(CCc1ccccc1Br)Nc1ccccc1N1CCCC1=O. The number of halogens is 1. The standard InChI is InChI=1S/C19H19BrN2O2/c20-15-7-2-1-6-14(15)11-12-18(23)21-16-8-3-4-9-17(16)22-13-5-10-19(22)24/h1-4,6-9H,5,10-13H2,(H,21,23). The summed E-state index contributed by atoms with van der Waals surface area (Å²) in [6.07, 6.45) is 2.50. The lowest BCUT2D eigenvalue weighted by Gasteiger charge is -2.20. The van der Waals surface area contributed by atoms with Gasteiger partial charge in [-0.05, 0) is 36.6 Å². The molecule has 1 N–H and O–H groups in total. The summed E-state index contributed by atoms with van der Waals surface area (Å²) in [5, 5.41) is 2.95. The quantitative estimate of drug-likeness (QED) is 0.838. The Morgan fingerprint density at radius 3 is 2.62 bits per heavy atom. The number of carbonyl (C=O) groups excluding carboxylic acids is 2. The van der Waals surface area contributed by atoms with Gasteiger partial charge in [0.05, 0.1) is 11.4 Å². The summed E-state index contributed by atoms with van der Waals surface area (Å²) in [5.41, 5.74) is 2.59. The van der Waals surface area contributed by atoms with Gasteiger partial charge in [0.1, 0.15) is 0 Å². The number of amides is 2. The molecule has 1 aliphatic heterocycles. The van der Waals surface area contributed by atoms with E-state index in [1.54, 1.807) is 4.90 Å². The third kappa shape index (κ3) is 3.85. The number of hydrogen-bond donors (Lipinski definition) is 1. The van der Waals surface area contributed by atoms with Crippen molar-refractivity contribution < 1.29 is 9.59 Å². The first-order valence-electron chi connectivity index (χ1n) is 8.08. The summed E-state index contributed by atoms with van der Waals surface area (Å²) in [4.78, 5) is 26.0. The molecule has 0 bridgehead atoms. The fraction of sp³-hybridized carbons (Fsp3) is 0.263. The monoisotopic (exact) mass is 386 g/mol. The first-order chi connectivity index (χ1) is 11.6. The van der Waals surface area contributed by atoms with Gasteiger partial charge < -0.3 is 10.2 Å². The largest absolute Gasteiger partial charge is 0.324 e. The highest BCUT2D eigenvalue weighted by molar-refractivity contribution is 9.10. The summed E-state index contributed by atoms with van der Waals surface area (Å²) < 4.78 is 1.01. The van der Waals surface area contributed by atoms with Crippen molar-refractivity contribution >= 4 is 39.1 Å². The minimum absolute atomic E-state index is 0.0511. The first kappa shape index (κ1) is 16.7. The molecule has 24 heavy (non-hydrogen) atoms. The molecule has 0 aromatic heterocycles. The van der Waals surface area contributed by atoms with E-state index < -0.39 is 0 Å². The maximum absolute atomic E-state index is 12.3. The van der Waals surface area contributed by atoms with E-state index in [1.807, 2.05) is 48.5 Å². The molecule has 0 radical (unpaired) electrons. The third-order valence-corrected chi connectivity index (χ3v) is 4.90. The second-order valence-electron chi connectivity index (χ2n) is 5.81. The van der Waals surface area contributed by atoms with Crippen LogP contribution in [0.4, 0.5) is 11.4 Å². The molecule has 2 aromatic rings. The van der Waals surface area contributed by atoms with Crippen molar-refractivity contribution in [1.82, 2.24) is 0 Å². The van der Waals surface area contributed by atoms with Crippen LogP contribution in [0.5, 0.6) is 0 Å². The Bertz CT molecular complexity index is 761. The molecule has 0 aliphatic carbocycles. The van der Waals surface area contributed by atoms with Gasteiger partial charge in [-0.2, -0.15) is 0 Å². The number of nitrogens with one attached hydrogen (secondary N) is 1. The minimum atomic E-state index is -0.0511. The van der Waals surface area contributed by atoms with Gasteiger partial charge in [0.2, 0.25) is 11.8 Å². The van der Waals surface area contributed by atoms with Crippen molar-refractivity contribution in [1.29, 1.82) is 0 Å². The molecule has 0 spiro atoms. The lowest BCUT2D eigenvalue weighted by atomic mass is 10.1. The van der Waals surface area contributed by atoms with Crippen molar-refractivity contribution in [2.75, 3.05) is 16.8 Å². The van der Waals surface area contributed by atoms with Gasteiger partial charge in [0.25, 0.3) is 0 Å². The van der Waals surface area contributed by atoms with E-state index in [9.17, 15) is 9.59 Å². The minimum Gasteiger partial charge on any atom is -0.324 e. The van der Waals surface area contributed by atoms with E-state index in [0.29, 0.717) is 31.5 Å². The van der Waals surface area contributed by atoms with Crippen LogP contribution in [0.1, 0.15) is 24.8 Å². The number of para-hydroxylation sites is 2. The van der Waals surface area contributed by atoms with Crippen molar-refractivity contribution in [2.24, 2.45) is 0 Å². The van der Waals surface area contributed by atoms with Gasteiger partial charge in [0.15, 0.2) is 0 Å². The van der Waals surface area contributed by atoms with Crippen LogP contribution in [0.3, 0.4) is 0 Å². The van der Waals surface area contributed by atoms with Crippen molar-refractivity contribution in [3.63, 3.8) is 0 Å². The molecule has 0 unspecified atom stereocenters. The summed E-state index contributed by atoms with van der Waals surface area (Å²) >= 11 is 3.50. The van der Waals surface area contributed by atoms with Crippen molar-refractivity contribution in [2.45, 2.75) is 25.7 Å². The fourth-order valence-corrected chi connectivity index (χ4v) is 3.36. The van der Waals surface area contributed by atoms with E-state index in [4.69, 9.17) is 0 Å². The lowest BCUT2D eigenvalue weighted by Crippen LogP contribution is -2.25. The highest BCUT2D eigenvalue weighted by Gasteiger charge is 2.24. The molecule has 0 saturated carbocycles. The lowest BCUT2D eigenvalue weighted by molar-refractivity contribution is -0.117. The van der Waals surface area contributed by atoms with Gasteiger partial charge in [-0.3, -0.25) is 9.59 Å². The molecular weight excluding hydrogens is 368 g/mol. The van der Waals surface area contributed by atoms with Crippen LogP contribution in [-0.4, -0.2) is 18.4 Å². The number of carbonyl (C=O) groups is 2. The third-order valence-electron chi connectivity index (χ3n) is 4.12. The molecule has 4 nitrogen and oxygen atoms in total. The van der Waals surface area contributed by atoms with Gasteiger partial charge in [0, 0.05) is 23.9 Å². The predicted octanol–water partition coefficient (Wildman–Crippen LogP) is 4.15. The molecule has 1 fully saturated rings. The first-order valence-corrected chi connectivity index (χ1v) is 8.87. The summed E-state index contributed by atoms with van der Waals surface area (Å²) in [5.74, 6) is 0.0646. The number of benzene rings is 2. The predicted molar refractivity (Wildman–Crippen MR) is 99.1 cm³/mol. The number of anilines is 2. The highest BCUT2D eigenvalue weighted by atomic mass is 79.9. The van der Waals surface area contributed by atoms with E-state index in [0.717, 1.165) is 22.1 Å². The Balaban J connectivity index is 1.66. The average molecular weight is 387 g/mol. The molecule has 0 atom stereocenters. The zero-order chi connectivity index (χ0) is 16.9. The van der Waals surface area contributed by atoms with Gasteiger partial charge >= 0.3 is 0 Å². The van der Waals surface area contributed by atoms with Crippen LogP contribution in [0.25, 0.3) is 0 Å². The molecule has 1 heterocycles. The van der Waals surface area contributed by atoms with Crippen LogP contribution in [0.2, 0.25) is 0 Å². The Labute approximate surface area is 150 Å². The molecule has 1 aliphatic rings. The van der Waals surface area contributed by atoms with E-state index in [2.05, 4.69) is 21.2 Å². The molecule has 5 heteroatoms. The van der Waals surface area contributed by atoms with Crippen LogP contribution < -0.4 is 10.2 Å².